The minimum atomic E-state index is -1.14. The third-order valence-electron chi connectivity index (χ3n) is 7.66. The number of nitrogens with zero attached hydrogens (tertiary/aromatic N) is 4. The minimum absolute atomic E-state index is 0.108. The number of ether oxygens (including phenoxy) is 2. The molecule has 1 aliphatic carbocycles. The lowest BCUT2D eigenvalue weighted by molar-refractivity contribution is 0.00681. The van der Waals surface area contributed by atoms with E-state index in [-0.39, 0.29) is 17.6 Å². The smallest absolute Gasteiger partial charge is 0.388 e. The number of halogens is 1. The van der Waals surface area contributed by atoms with Gasteiger partial charge in [0.15, 0.2) is 5.82 Å². The average Bonchev–Trinajstić information content (AvgIpc) is 2.88. The Morgan fingerprint density at radius 3 is 2.92 bits per heavy atom. The van der Waals surface area contributed by atoms with Crippen LogP contribution >= 0.6 is 21.0 Å². The zero-order valence-electron chi connectivity index (χ0n) is 21.1. The second kappa shape index (κ2) is 11.0. The number of nitrogen functional groups attached to an aromatic ring is 1. The van der Waals surface area contributed by atoms with Gasteiger partial charge in [-0.2, -0.15) is 0 Å². The number of pyridine rings is 1. The largest absolute Gasteiger partial charge is 0.411 e. The van der Waals surface area contributed by atoms with Crippen molar-refractivity contribution in [2.75, 3.05) is 30.8 Å². The van der Waals surface area contributed by atoms with Crippen LogP contribution in [0.2, 0.25) is 5.02 Å². The van der Waals surface area contributed by atoms with Crippen LogP contribution in [0, 0.1) is 23.2 Å². The number of fused-ring (bicyclic) bond motifs is 1. The van der Waals surface area contributed by atoms with Gasteiger partial charge in [-0.25, -0.2) is 14.8 Å². The van der Waals surface area contributed by atoms with E-state index in [4.69, 9.17) is 33.2 Å². The van der Waals surface area contributed by atoms with Crippen molar-refractivity contribution in [3.05, 3.63) is 40.6 Å². The molecule has 4 unspecified atom stereocenters. The lowest BCUT2D eigenvalue weighted by Gasteiger charge is -2.50. The number of anilines is 2. The molecule has 2 aromatic rings. The van der Waals surface area contributed by atoms with E-state index >= 15 is 0 Å². The highest BCUT2D eigenvalue weighted by Crippen LogP contribution is 2.48. The van der Waals surface area contributed by atoms with Gasteiger partial charge < -0.3 is 30.9 Å². The summed E-state index contributed by atoms with van der Waals surface area (Å²) in [5.74, 6) is 0.650. The summed E-state index contributed by atoms with van der Waals surface area (Å²) < 4.78 is 12.9. The van der Waals surface area contributed by atoms with Crippen molar-refractivity contribution < 1.29 is 14.3 Å². The molecule has 5 atom stereocenters. The van der Waals surface area contributed by atoms with Crippen LogP contribution in [0.15, 0.2) is 29.7 Å². The Labute approximate surface area is 228 Å². The first kappa shape index (κ1) is 26.6. The fourth-order valence-corrected chi connectivity index (χ4v) is 6.78. The van der Waals surface area contributed by atoms with Crippen LogP contribution in [0.5, 0.6) is 0 Å². The van der Waals surface area contributed by atoms with Crippen molar-refractivity contribution in [3.8, 4) is 11.3 Å². The average molecular weight is 559 g/mol. The van der Waals surface area contributed by atoms with E-state index in [1.807, 2.05) is 0 Å². The number of nitrogens with two attached hydrogens (primary N) is 2. The summed E-state index contributed by atoms with van der Waals surface area (Å²) in [6.07, 6.45) is 6.22. The second-order valence-electron chi connectivity index (χ2n) is 10.1. The molecule has 11 nitrogen and oxygen atoms in total. The van der Waals surface area contributed by atoms with Gasteiger partial charge in [0.2, 0.25) is 5.82 Å². The van der Waals surface area contributed by atoms with Crippen LogP contribution in [-0.2, 0) is 9.47 Å². The topological polar surface area (TPSA) is 165 Å². The molecule has 0 aromatic carbocycles. The Morgan fingerprint density at radius 1 is 1.34 bits per heavy atom. The normalized spacial score (nSPS) is 24.9. The summed E-state index contributed by atoms with van der Waals surface area (Å²) in [5.41, 5.74) is 15.8. The lowest BCUT2D eigenvalue weighted by Crippen LogP contribution is -2.48. The lowest BCUT2D eigenvalue weighted by atomic mass is 9.72. The molecular formula is C25H32ClN8O3P. The quantitative estimate of drug-likeness (QED) is 0.242. The summed E-state index contributed by atoms with van der Waals surface area (Å²) in [7, 11) is 2.98. The van der Waals surface area contributed by atoms with Crippen LogP contribution in [0.1, 0.15) is 38.4 Å². The zero-order valence-corrected chi connectivity index (χ0v) is 23.0. The molecule has 202 valence electrons. The first-order valence-corrected chi connectivity index (χ1v) is 13.6. The van der Waals surface area contributed by atoms with Gasteiger partial charge in [-0.15, -0.1) is 0 Å². The summed E-state index contributed by atoms with van der Waals surface area (Å²) >= 11 is 6.21. The summed E-state index contributed by atoms with van der Waals surface area (Å²) in [5, 5.41) is 11.9. The van der Waals surface area contributed by atoms with Gasteiger partial charge >= 0.3 is 6.09 Å². The fraction of sp³-hybridized carbons (Fsp3) is 0.480. The van der Waals surface area contributed by atoms with Gasteiger partial charge in [0, 0.05) is 54.7 Å². The minimum Gasteiger partial charge on any atom is -0.388 e. The number of carbonyl (C=O) groups excluding carboxylic acids is 1. The number of hydrogen-bond acceptors (Lipinski definition) is 10. The highest BCUT2D eigenvalue weighted by Gasteiger charge is 2.41. The molecule has 1 amide bonds. The van der Waals surface area contributed by atoms with Crippen LogP contribution in [0.3, 0.4) is 0 Å². The Balaban J connectivity index is 1.47. The monoisotopic (exact) mass is 558 g/mol. The molecule has 0 bridgehead atoms. The van der Waals surface area contributed by atoms with Crippen molar-refractivity contribution >= 4 is 44.5 Å². The number of hydrogen-bond donors (Lipinski definition) is 4. The van der Waals surface area contributed by atoms with E-state index in [0.29, 0.717) is 46.4 Å². The molecule has 0 saturated carbocycles. The number of carbonyl (C=O) groups is 1. The zero-order chi connectivity index (χ0) is 27.0. The third-order valence-corrected chi connectivity index (χ3v) is 8.52. The Hall–Kier alpha value is -3.01. The van der Waals surface area contributed by atoms with E-state index in [9.17, 15) is 4.79 Å². The molecular weight excluding hydrogens is 527 g/mol. The molecule has 0 spiro atoms. The molecule has 1 saturated heterocycles. The summed E-state index contributed by atoms with van der Waals surface area (Å²) in [6.45, 7) is 4.54. The highest BCUT2D eigenvalue weighted by molar-refractivity contribution is 7.13. The molecule has 38 heavy (non-hydrogen) atoms. The Kier molecular flexibility index (Phi) is 7.70. The first-order valence-electron chi connectivity index (χ1n) is 12.7. The molecule has 2 aromatic heterocycles. The molecule has 2 aliphatic heterocycles. The number of aromatic nitrogens is 3. The van der Waals surface area contributed by atoms with Gasteiger partial charge in [0.05, 0.1) is 11.6 Å². The molecule has 1 fully saturated rings. The van der Waals surface area contributed by atoms with Gasteiger partial charge in [0.1, 0.15) is 11.4 Å². The Morgan fingerprint density at radius 2 is 2.16 bits per heavy atom. The van der Waals surface area contributed by atoms with Crippen molar-refractivity contribution in [1.82, 2.24) is 19.6 Å². The van der Waals surface area contributed by atoms with Crippen LogP contribution < -0.4 is 16.8 Å². The Bertz CT molecular complexity index is 1290. The predicted molar refractivity (Wildman–Crippen MR) is 148 cm³/mol. The molecule has 13 heteroatoms. The molecule has 6 N–H and O–H groups in total. The maximum Gasteiger partial charge on any atom is 0.411 e. The van der Waals surface area contributed by atoms with Gasteiger partial charge in [-0.3, -0.25) is 10.4 Å². The molecule has 3 aliphatic rings. The number of allylic oxidation sites excluding steroid dienone is 1. The van der Waals surface area contributed by atoms with Crippen molar-refractivity contribution in [2.24, 2.45) is 23.5 Å². The van der Waals surface area contributed by atoms with Gasteiger partial charge in [0.25, 0.3) is 5.90 Å². The fourth-order valence-electron chi connectivity index (χ4n) is 5.84. The third kappa shape index (κ3) is 5.28. The van der Waals surface area contributed by atoms with Crippen LogP contribution in [-0.4, -0.2) is 57.4 Å². The van der Waals surface area contributed by atoms with E-state index in [1.54, 1.807) is 12.3 Å². The van der Waals surface area contributed by atoms with Gasteiger partial charge in [-0.05, 0) is 52.6 Å². The van der Waals surface area contributed by atoms with E-state index in [0.717, 1.165) is 38.9 Å². The maximum atomic E-state index is 11.2. The highest BCUT2D eigenvalue weighted by atomic mass is 35.5. The van der Waals surface area contributed by atoms with Crippen molar-refractivity contribution in [3.63, 3.8) is 0 Å². The SMILES string of the molecule is C[C@@H]1CCC(CNc2c(N)nc(C(=N)OC(N)=O)nc2-c2cncc(Cl)c2)C2=C1CC1COCCC1N2P. The molecule has 4 heterocycles. The number of rotatable bonds is 5. The molecule has 5 rings (SSSR count). The summed E-state index contributed by atoms with van der Waals surface area (Å²) in [4.78, 5) is 24.0. The second-order valence-corrected chi connectivity index (χ2v) is 11.1. The first-order chi connectivity index (χ1) is 18.2. The molecule has 0 radical (unpaired) electrons. The van der Waals surface area contributed by atoms with Crippen LogP contribution in [0.4, 0.5) is 16.3 Å². The number of primary amides is 1. The number of nitrogens with one attached hydrogen (secondary N) is 2. The van der Waals surface area contributed by atoms with E-state index in [2.05, 4.69) is 46.0 Å². The van der Waals surface area contributed by atoms with Crippen molar-refractivity contribution in [2.45, 2.75) is 38.6 Å². The number of amides is 1. The van der Waals surface area contributed by atoms with Crippen molar-refractivity contribution in [1.29, 1.82) is 5.41 Å². The maximum absolute atomic E-state index is 11.2. The van der Waals surface area contributed by atoms with E-state index < -0.39 is 12.0 Å². The van der Waals surface area contributed by atoms with E-state index in [1.165, 1.54) is 17.5 Å². The standard InChI is InChI=1S/C25H32ClN8O3P/c1-12-2-3-13(21-17(12)7-15-11-36-5-4-18(15)34(21)38)9-31-20-19(14-6-16(26)10-30-8-14)32-24(33-22(20)27)23(28)37-25(29)35/h6,8,10,12-13,15,18,28,31H,2-5,7,9,11,38H2,1H3,(H2,29,35)(H2,27,32,33)/t12-,13?,15?,18?/m1/s1. The predicted octanol–water partition coefficient (Wildman–Crippen LogP) is 3.81. The summed E-state index contributed by atoms with van der Waals surface area (Å²) in [6, 6.07) is 2.15. The van der Waals surface area contributed by atoms with Crippen LogP contribution in [0.25, 0.3) is 11.3 Å². The van der Waals surface area contributed by atoms with Gasteiger partial charge in [-0.1, -0.05) is 18.5 Å².